The van der Waals surface area contributed by atoms with Crippen molar-refractivity contribution in [3.05, 3.63) is 95.8 Å². The normalized spacial score (nSPS) is 16.5. The molecule has 26 heavy (non-hydrogen) atoms. The second-order valence-electron chi connectivity index (χ2n) is 6.20. The summed E-state index contributed by atoms with van der Waals surface area (Å²) in [5.74, 6) is 0.600. The van der Waals surface area contributed by atoms with Crippen LogP contribution in [0.4, 0.5) is 10.1 Å². The van der Waals surface area contributed by atoms with Crippen LogP contribution in [0.2, 0.25) is 0 Å². The summed E-state index contributed by atoms with van der Waals surface area (Å²) in [4.78, 5) is 0. The van der Waals surface area contributed by atoms with Gasteiger partial charge in [-0.1, -0.05) is 36.4 Å². The maximum absolute atomic E-state index is 14.5. The lowest BCUT2D eigenvalue weighted by Gasteiger charge is -2.24. The van der Waals surface area contributed by atoms with Gasteiger partial charge in [-0.15, -0.1) is 0 Å². The average Bonchev–Trinajstić information content (AvgIpc) is 3.14. The quantitative estimate of drug-likeness (QED) is 0.649. The van der Waals surface area contributed by atoms with Crippen LogP contribution in [0.25, 0.3) is 0 Å². The molecule has 0 fully saturated rings. The number of methoxy groups -OCH3 is 1. The first-order valence-corrected chi connectivity index (χ1v) is 8.57. The molecule has 1 heterocycles. The second kappa shape index (κ2) is 7.00. The zero-order valence-corrected chi connectivity index (χ0v) is 14.5. The molecular formula is C22H19FN2O. The topological polar surface area (TPSA) is 24.8 Å². The fourth-order valence-corrected chi connectivity index (χ4v) is 3.27. The summed E-state index contributed by atoms with van der Waals surface area (Å²) >= 11 is 0. The van der Waals surface area contributed by atoms with E-state index in [0.717, 1.165) is 22.7 Å². The van der Waals surface area contributed by atoms with Crippen molar-refractivity contribution in [3.63, 3.8) is 0 Å². The molecule has 0 aromatic heterocycles. The van der Waals surface area contributed by atoms with Crippen molar-refractivity contribution in [1.29, 1.82) is 0 Å². The van der Waals surface area contributed by atoms with E-state index in [1.807, 2.05) is 71.7 Å². The molecule has 0 bridgehead atoms. The molecular weight excluding hydrogens is 327 g/mol. The van der Waals surface area contributed by atoms with E-state index in [-0.39, 0.29) is 11.9 Å². The Balaban J connectivity index is 1.74. The molecule has 3 nitrogen and oxygen atoms in total. The van der Waals surface area contributed by atoms with Gasteiger partial charge in [-0.2, -0.15) is 5.10 Å². The van der Waals surface area contributed by atoms with Gasteiger partial charge >= 0.3 is 0 Å². The molecule has 1 aliphatic rings. The Morgan fingerprint density at radius 3 is 2.31 bits per heavy atom. The van der Waals surface area contributed by atoms with Crippen molar-refractivity contribution < 1.29 is 9.13 Å². The van der Waals surface area contributed by atoms with E-state index in [4.69, 9.17) is 9.84 Å². The molecule has 0 spiro atoms. The standard InChI is InChI=1S/C22H19FN2O/c1-26-18-13-11-16(12-14-18)21-15-22(19-9-5-6-10-20(19)23)25(24-21)17-7-3-2-4-8-17/h2-14,22H,15H2,1H3/t22-/m1/s1. The molecule has 0 amide bonds. The Bertz CT molecular complexity index is 922. The fourth-order valence-electron chi connectivity index (χ4n) is 3.27. The predicted octanol–water partition coefficient (Wildman–Crippen LogP) is 5.19. The third-order valence-electron chi connectivity index (χ3n) is 4.62. The Labute approximate surface area is 152 Å². The van der Waals surface area contributed by atoms with Crippen molar-refractivity contribution >= 4 is 11.4 Å². The first-order chi connectivity index (χ1) is 12.8. The lowest BCUT2D eigenvalue weighted by atomic mass is 9.97. The molecule has 3 aromatic rings. The van der Waals surface area contributed by atoms with Crippen LogP contribution in [-0.2, 0) is 0 Å². The summed E-state index contributed by atoms with van der Waals surface area (Å²) in [6.45, 7) is 0. The number of ether oxygens (including phenoxy) is 1. The number of rotatable bonds is 4. The zero-order valence-electron chi connectivity index (χ0n) is 14.5. The van der Waals surface area contributed by atoms with Crippen LogP contribution >= 0.6 is 0 Å². The van der Waals surface area contributed by atoms with E-state index in [1.165, 1.54) is 6.07 Å². The van der Waals surface area contributed by atoms with Gasteiger partial charge in [-0.25, -0.2) is 4.39 Å². The Morgan fingerprint density at radius 1 is 0.923 bits per heavy atom. The Morgan fingerprint density at radius 2 is 1.62 bits per heavy atom. The number of nitrogens with zero attached hydrogens (tertiary/aromatic N) is 2. The highest BCUT2D eigenvalue weighted by atomic mass is 19.1. The molecule has 0 aliphatic carbocycles. The fraction of sp³-hybridized carbons (Fsp3) is 0.136. The number of hydrogen-bond donors (Lipinski definition) is 0. The number of hydrogen-bond acceptors (Lipinski definition) is 3. The molecule has 0 N–H and O–H groups in total. The van der Waals surface area contributed by atoms with Crippen molar-refractivity contribution in [2.24, 2.45) is 5.10 Å². The van der Waals surface area contributed by atoms with Gasteiger partial charge in [-0.05, 0) is 48.0 Å². The molecule has 3 aromatic carbocycles. The van der Waals surface area contributed by atoms with Crippen molar-refractivity contribution in [1.82, 2.24) is 0 Å². The summed E-state index contributed by atoms with van der Waals surface area (Å²) in [7, 11) is 1.65. The minimum atomic E-state index is -0.204. The van der Waals surface area contributed by atoms with Crippen LogP contribution in [0.15, 0.2) is 84.0 Å². The monoisotopic (exact) mass is 346 g/mol. The molecule has 1 aliphatic heterocycles. The average molecular weight is 346 g/mol. The minimum absolute atomic E-state index is 0.171. The highest BCUT2D eigenvalue weighted by molar-refractivity contribution is 6.03. The number of hydrazone groups is 1. The maximum Gasteiger partial charge on any atom is 0.128 e. The summed E-state index contributed by atoms with van der Waals surface area (Å²) in [5.41, 5.74) is 3.56. The lowest BCUT2D eigenvalue weighted by molar-refractivity contribution is 0.415. The molecule has 0 radical (unpaired) electrons. The highest BCUT2D eigenvalue weighted by Crippen LogP contribution is 2.37. The molecule has 0 saturated heterocycles. The Kier molecular flexibility index (Phi) is 4.40. The third-order valence-corrected chi connectivity index (χ3v) is 4.62. The second-order valence-corrected chi connectivity index (χ2v) is 6.20. The summed E-state index contributed by atoms with van der Waals surface area (Å²) in [5, 5.41) is 6.74. The predicted molar refractivity (Wildman–Crippen MR) is 102 cm³/mol. The van der Waals surface area contributed by atoms with Gasteiger partial charge in [0.05, 0.1) is 24.6 Å². The minimum Gasteiger partial charge on any atom is -0.497 e. The van der Waals surface area contributed by atoms with Crippen molar-refractivity contribution in [2.45, 2.75) is 12.5 Å². The number of benzene rings is 3. The van der Waals surface area contributed by atoms with Crippen LogP contribution in [0, 0.1) is 5.82 Å². The SMILES string of the molecule is COc1ccc(C2=NN(c3ccccc3)[C@@H](c3ccccc3F)C2)cc1. The van der Waals surface area contributed by atoms with Gasteiger partial charge in [0.15, 0.2) is 0 Å². The van der Waals surface area contributed by atoms with Gasteiger partial charge in [0.25, 0.3) is 0 Å². The van der Waals surface area contributed by atoms with Crippen LogP contribution < -0.4 is 9.75 Å². The Hall–Kier alpha value is -3.14. The van der Waals surface area contributed by atoms with E-state index in [9.17, 15) is 4.39 Å². The number of halogens is 1. The van der Waals surface area contributed by atoms with Gasteiger partial charge in [0.2, 0.25) is 0 Å². The summed E-state index contributed by atoms with van der Waals surface area (Å²) in [6.07, 6.45) is 0.641. The molecule has 4 rings (SSSR count). The molecule has 4 heteroatoms. The van der Waals surface area contributed by atoms with Gasteiger partial charge in [0, 0.05) is 12.0 Å². The zero-order chi connectivity index (χ0) is 17.9. The molecule has 1 atom stereocenters. The van der Waals surface area contributed by atoms with E-state index in [0.29, 0.717) is 12.0 Å². The van der Waals surface area contributed by atoms with E-state index < -0.39 is 0 Å². The van der Waals surface area contributed by atoms with Crippen molar-refractivity contribution in [3.8, 4) is 5.75 Å². The smallest absolute Gasteiger partial charge is 0.128 e. The van der Waals surface area contributed by atoms with Crippen LogP contribution in [-0.4, -0.2) is 12.8 Å². The number of para-hydroxylation sites is 1. The lowest BCUT2D eigenvalue weighted by Crippen LogP contribution is -2.19. The van der Waals surface area contributed by atoms with Gasteiger partial charge in [0.1, 0.15) is 11.6 Å². The summed E-state index contributed by atoms with van der Waals surface area (Å²) in [6, 6.07) is 24.5. The third kappa shape index (κ3) is 3.06. The molecule has 130 valence electrons. The molecule has 0 saturated carbocycles. The van der Waals surface area contributed by atoms with E-state index >= 15 is 0 Å². The highest BCUT2D eigenvalue weighted by Gasteiger charge is 2.31. The maximum atomic E-state index is 14.5. The number of anilines is 1. The van der Waals surface area contributed by atoms with Crippen LogP contribution in [0.5, 0.6) is 5.75 Å². The van der Waals surface area contributed by atoms with Gasteiger partial charge < -0.3 is 4.74 Å². The largest absolute Gasteiger partial charge is 0.497 e. The first-order valence-electron chi connectivity index (χ1n) is 8.57. The van der Waals surface area contributed by atoms with Gasteiger partial charge in [-0.3, -0.25) is 5.01 Å². The van der Waals surface area contributed by atoms with Crippen LogP contribution in [0.1, 0.15) is 23.6 Å². The van der Waals surface area contributed by atoms with E-state index in [2.05, 4.69) is 0 Å². The van der Waals surface area contributed by atoms with E-state index in [1.54, 1.807) is 13.2 Å². The molecule has 0 unspecified atom stereocenters. The van der Waals surface area contributed by atoms with Crippen LogP contribution in [0.3, 0.4) is 0 Å². The van der Waals surface area contributed by atoms with Crippen molar-refractivity contribution in [2.75, 3.05) is 12.1 Å². The summed E-state index contributed by atoms with van der Waals surface area (Å²) < 4.78 is 19.7. The first kappa shape index (κ1) is 16.3.